The summed E-state index contributed by atoms with van der Waals surface area (Å²) in [5.74, 6) is 2.09. The zero-order chi connectivity index (χ0) is 14.4. The minimum atomic E-state index is 0.597. The Balaban J connectivity index is 2.12. The van der Waals surface area contributed by atoms with Gasteiger partial charge in [-0.15, -0.1) is 0 Å². The van der Waals surface area contributed by atoms with Crippen LogP contribution in [0.1, 0.15) is 18.9 Å². The highest BCUT2D eigenvalue weighted by molar-refractivity contribution is 9.10. The van der Waals surface area contributed by atoms with Crippen LogP contribution in [-0.4, -0.2) is 28.9 Å². The van der Waals surface area contributed by atoms with Crippen molar-refractivity contribution < 1.29 is 9.47 Å². The summed E-state index contributed by atoms with van der Waals surface area (Å²) in [6, 6.07) is 3.87. The van der Waals surface area contributed by atoms with Gasteiger partial charge in [0, 0.05) is 11.0 Å². The summed E-state index contributed by atoms with van der Waals surface area (Å²) in [6.45, 7) is 3.33. The van der Waals surface area contributed by atoms with Crippen molar-refractivity contribution in [2.24, 2.45) is 0 Å². The first-order valence-corrected chi connectivity index (χ1v) is 7.12. The predicted octanol–water partition coefficient (Wildman–Crippen LogP) is 2.98. The molecule has 0 aliphatic rings. The van der Waals surface area contributed by atoms with E-state index in [0.717, 1.165) is 28.0 Å². The highest BCUT2D eigenvalue weighted by Crippen LogP contribution is 2.33. The summed E-state index contributed by atoms with van der Waals surface area (Å²) in [6.07, 6.45) is 2.41. The van der Waals surface area contributed by atoms with Crippen LogP contribution < -0.4 is 14.8 Å². The Labute approximate surface area is 126 Å². The number of H-pyrrole nitrogens is 1. The van der Waals surface area contributed by atoms with E-state index in [-0.39, 0.29) is 0 Å². The van der Waals surface area contributed by atoms with Gasteiger partial charge in [-0.2, -0.15) is 5.10 Å². The Morgan fingerprint density at radius 2 is 2.20 bits per heavy atom. The Morgan fingerprint density at radius 1 is 1.35 bits per heavy atom. The Morgan fingerprint density at radius 3 is 2.85 bits per heavy atom. The lowest BCUT2D eigenvalue weighted by Crippen LogP contribution is -2.04. The van der Waals surface area contributed by atoms with Crippen LogP contribution in [0, 0.1) is 0 Å². The second-order valence-corrected chi connectivity index (χ2v) is 4.98. The summed E-state index contributed by atoms with van der Waals surface area (Å²) < 4.78 is 12.0. The molecule has 20 heavy (non-hydrogen) atoms. The third kappa shape index (κ3) is 3.63. The smallest absolute Gasteiger partial charge is 0.218 e. The molecule has 0 bridgehead atoms. The molecular formula is C13H17BrN4O2. The minimum Gasteiger partial charge on any atom is -0.493 e. The quantitative estimate of drug-likeness (QED) is 0.810. The molecule has 1 aromatic heterocycles. The Bertz CT molecular complexity index is 546. The second kappa shape index (κ2) is 7.14. The number of methoxy groups -OCH3 is 1. The first kappa shape index (κ1) is 14.6. The minimum absolute atomic E-state index is 0.597. The zero-order valence-corrected chi connectivity index (χ0v) is 13.0. The molecule has 0 spiro atoms. The van der Waals surface area contributed by atoms with E-state index in [1.54, 1.807) is 7.11 Å². The molecule has 108 valence electrons. The van der Waals surface area contributed by atoms with E-state index >= 15 is 0 Å². The van der Waals surface area contributed by atoms with Crippen LogP contribution in [0.2, 0.25) is 0 Å². The lowest BCUT2D eigenvalue weighted by atomic mass is 10.2. The lowest BCUT2D eigenvalue weighted by molar-refractivity contribution is 0.294. The molecule has 0 saturated carbocycles. The average molecular weight is 341 g/mol. The molecule has 2 rings (SSSR count). The highest BCUT2D eigenvalue weighted by Gasteiger charge is 2.10. The molecule has 0 unspecified atom stereocenters. The molecule has 1 aromatic carbocycles. The van der Waals surface area contributed by atoms with Crippen molar-refractivity contribution in [3.63, 3.8) is 0 Å². The van der Waals surface area contributed by atoms with E-state index < -0.39 is 0 Å². The third-order valence-corrected chi connectivity index (χ3v) is 3.39. The second-order valence-electron chi connectivity index (χ2n) is 4.13. The van der Waals surface area contributed by atoms with Crippen LogP contribution in [0.3, 0.4) is 0 Å². The van der Waals surface area contributed by atoms with E-state index in [0.29, 0.717) is 19.1 Å². The Hall–Kier alpha value is -1.76. The number of aromatic amines is 1. The molecule has 7 heteroatoms. The van der Waals surface area contributed by atoms with Crippen molar-refractivity contribution in [2.75, 3.05) is 19.0 Å². The first-order chi connectivity index (χ1) is 9.74. The molecule has 0 atom stereocenters. The van der Waals surface area contributed by atoms with Gasteiger partial charge in [0.25, 0.3) is 0 Å². The van der Waals surface area contributed by atoms with E-state index in [1.807, 2.05) is 12.1 Å². The van der Waals surface area contributed by atoms with Gasteiger partial charge in [0.05, 0.1) is 13.7 Å². The summed E-state index contributed by atoms with van der Waals surface area (Å²) in [5, 5.41) is 9.67. The van der Waals surface area contributed by atoms with Crippen LogP contribution in [0.15, 0.2) is 22.9 Å². The van der Waals surface area contributed by atoms with Crippen molar-refractivity contribution in [1.29, 1.82) is 0 Å². The topological polar surface area (TPSA) is 72.1 Å². The van der Waals surface area contributed by atoms with Crippen molar-refractivity contribution >= 4 is 21.9 Å². The SMILES string of the molecule is CCCOc1cc(Br)c(CNc2ncn[nH]2)cc1OC. The number of halogens is 1. The van der Waals surface area contributed by atoms with Crippen LogP contribution in [-0.2, 0) is 6.54 Å². The van der Waals surface area contributed by atoms with Gasteiger partial charge < -0.3 is 14.8 Å². The largest absolute Gasteiger partial charge is 0.493 e. The number of benzene rings is 1. The van der Waals surface area contributed by atoms with Gasteiger partial charge in [-0.05, 0) is 24.1 Å². The van der Waals surface area contributed by atoms with Gasteiger partial charge in [-0.1, -0.05) is 22.9 Å². The fourth-order valence-electron chi connectivity index (χ4n) is 1.67. The zero-order valence-electron chi connectivity index (χ0n) is 11.4. The van der Waals surface area contributed by atoms with Gasteiger partial charge >= 0.3 is 0 Å². The van der Waals surface area contributed by atoms with Crippen LogP contribution >= 0.6 is 15.9 Å². The molecule has 1 heterocycles. The number of hydrogen-bond donors (Lipinski definition) is 2. The number of nitrogens with zero attached hydrogens (tertiary/aromatic N) is 2. The molecule has 2 aromatic rings. The molecule has 2 N–H and O–H groups in total. The van der Waals surface area contributed by atoms with Gasteiger partial charge in [-0.25, -0.2) is 10.1 Å². The van der Waals surface area contributed by atoms with Crippen LogP contribution in [0.25, 0.3) is 0 Å². The Kier molecular flexibility index (Phi) is 5.23. The van der Waals surface area contributed by atoms with Crippen molar-refractivity contribution in [3.8, 4) is 11.5 Å². The maximum Gasteiger partial charge on any atom is 0.218 e. The fraction of sp³-hybridized carbons (Fsp3) is 0.385. The molecular weight excluding hydrogens is 324 g/mol. The summed E-state index contributed by atoms with van der Waals surface area (Å²) >= 11 is 3.54. The maximum atomic E-state index is 5.66. The monoisotopic (exact) mass is 340 g/mol. The number of nitrogens with one attached hydrogen (secondary N) is 2. The van der Waals surface area contributed by atoms with E-state index in [9.17, 15) is 0 Å². The molecule has 0 fully saturated rings. The van der Waals surface area contributed by atoms with Gasteiger partial charge in [-0.3, -0.25) is 0 Å². The maximum absolute atomic E-state index is 5.66. The van der Waals surface area contributed by atoms with E-state index in [4.69, 9.17) is 9.47 Å². The third-order valence-electron chi connectivity index (χ3n) is 2.66. The molecule has 0 aliphatic carbocycles. The van der Waals surface area contributed by atoms with Gasteiger partial charge in [0.2, 0.25) is 5.95 Å². The van der Waals surface area contributed by atoms with Crippen molar-refractivity contribution in [1.82, 2.24) is 15.2 Å². The molecule has 0 radical (unpaired) electrons. The summed E-state index contributed by atoms with van der Waals surface area (Å²) in [5.41, 5.74) is 1.04. The van der Waals surface area contributed by atoms with Crippen LogP contribution in [0.5, 0.6) is 11.5 Å². The van der Waals surface area contributed by atoms with E-state index in [2.05, 4.69) is 43.4 Å². The van der Waals surface area contributed by atoms with E-state index in [1.165, 1.54) is 6.33 Å². The molecule has 6 nitrogen and oxygen atoms in total. The fourth-order valence-corrected chi connectivity index (χ4v) is 2.13. The normalized spacial score (nSPS) is 10.3. The lowest BCUT2D eigenvalue weighted by Gasteiger charge is -2.13. The predicted molar refractivity (Wildman–Crippen MR) is 80.2 cm³/mol. The summed E-state index contributed by atoms with van der Waals surface area (Å²) in [7, 11) is 1.63. The van der Waals surface area contributed by atoms with Crippen molar-refractivity contribution in [3.05, 3.63) is 28.5 Å². The number of rotatable bonds is 7. The van der Waals surface area contributed by atoms with Crippen molar-refractivity contribution in [2.45, 2.75) is 19.9 Å². The van der Waals surface area contributed by atoms with Gasteiger partial charge in [0.1, 0.15) is 6.33 Å². The average Bonchev–Trinajstić information content (AvgIpc) is 2.97. The number of aromatic nitrogens is 3. The number of anilines is 1. The molecule has 0 aliphatic heterocycles. The summed E-state index contributed by atoms with van der Waals surface area (Å²) in [4.78, 5) is 4.01. The van der Waals surface area contributed by atoms with Crippen LogP contribution in [0.4, 0.5) is 5.95 Å². The first-order valence-electron chi connectivity index (χ1n) is 6.33. The molecule has 0 saturated heterocycles. The number of hydrogen-bond acceptors (Lipinski definition) is 5. The number of ether oxygens (including phenoxy) is 2. The van der Waals surface area contributed by atoms with Gasteiger partial charge in [0.15, 0.2) is 11.5 Å². The highest BCUT2D eigenvalue weighted by atomic mass is 79.9. The molecule has 0 amide bonds. The standard InChI is InChI=1S/C13H17BrN4O2/c1-3-4-20-12-6-10(14)9(5-11(12)19-2)7-15-13-16-8-17-18-13/h5-6,8H,3-4,7H2,1-2H3,(H2,15,16,17,18).